The van der Waals surface area contributed by atoms with Crippen molar-refractivity contribution in [2.45, 2.75) is 59.7 Å². The molecular formula is C17H24FNO5. The maximum Gasteiger partial charge on any atom is 0.424 e. The van der Waals surface area contributed by atoms with Crippen molar-refractivity contribution < 1.29 is 28.6 Å². The van der Waals surface area contributed by atoms with Crippen LogP contribution in [0.2, 0.25) is 0 Å². The lowest BCUT2D eigenvalue weighted by molar-refractivity contribution is 0.0428. The highest BCUT2D eigenvalue weighted by atomic mass is 19.1. The molecule has 6 nitrogen and oxygen atoms in total. The van der Waals surface area contributed by atoms with Gasteiger partial charge in [-0.1, -0.05) is 0 Å². The summed E-state index contributed by atoms with van der Waals surface area (Å²) in [5.41, 5.74) is -2.19. The van der Waals surface area contributed by atoms with Crippen LogP contribution >= 0.6 is 0 Å². The standard InChI is InChI=1S/C17H24FNO5/c1-10-12(20)9-8-11(18)13(10)19(14(21)23-16(2,3)4)15(22)24-17(5,6)7/h8-9,20H,1-7H3. The molecular weight excluding hydrogens is 317 g/mol. The SMILES string of the molecule is Cc1c(O)ccc(F)c1N(C(=O)OC(C)(C)C)C(=O)OC(C)(C)C. The lowest BCUT2D eigenvalue weighted by atomic mass is 10.1. The molecule has 0 aliphatic heterocycles. The summed E-state index contributed by atoms with van der Waals surface area (Å²) in [5, 5.41) is 9.80. The number of rotatable bonds is 1. The molecule has 24 heavy (non-hydrogen) atoms. The summed E-state index contributed by atoms with van der Waals surface area (Å²) in [6.07, 6.45) is -2.19. The maximum atomic E-state index is 14.3. The van der Waals surface area contributed by atoms with Gasteiger partial charge in [-0.05, 0) is 60.6 Å². The minimum atomic E-state index is -1.09. The molecule has 0 unspecified atom stereocenters. The number of phenols is 1. The third-order valence-electron chi connectivity index (χ3n) is 2.73. The minimum absolute atomic E-state index is 0.0201. The first-order valence-electron chi connectivity index (χ1n) is 7.47. The van der Waals surface area contributed by atoms with Gasteiger partial charge in [0.25, 0.3) is 0 Å². The molecule has 1 aromatic carbocycles. The number of imide groups is 1. The lowest BCUT2D eigenvalue weighted by Gasteiger charge is -2.29. The van der Waals surface area contributed by atoms with Crippen LogP contribution in [0.15, 0.2) is 12.1 Å². The monoisotopic (exact) mass is 341 g/mol. The number of ether oxygens (including phenoxy) is 2. The van der Waals surface area contributed by atoms with Crippen LogP contribution in [0, 0.1) is 12.7 Å². The van der Waals surface area contributed by atoms with Crippen LogP contribution in [0.5, 0.6) is 5.75 Å². The van der Waals surface area contributed by atoms with Gasteiger partial charge in [-0.25, -0.2) is 14.0 Å². The fourth-order valence-corrected chi connectivity index (χ4v) is 1.80. The van der Waals surface area contributed by atoms with E-state index in [1.807, 2.05) is 0 Å². The molecule has 0 aliphatic carbocycles. The second-order valence-electron chi connectivity index (χ2n) is 7.34. The Labute approximate surface area is 141 Å². The van der Waals surface area contributed by atoms with Gasteiger partial charge < -0.3 is 14.6 Å². The van der Waals surface area contributed by atoms with E-state index in [9.17, 15) is 19.1 Å². The molecule has 0 atom stereocenters. The largest absolute Gasteiger partial charge is 0.508 e. The van der Waals surface area contributed by atoms with Gasteiger partial charge >= 0.3 is 12.2 Å². The zero-order valence-corrected chi connectivity index (χ0v) is 15.1. The number of halogens is 1. The Morgan fingerprint density at radius 1 is 1.00 bits per heavy atom. The number of hydrogen-bond donors (Lipinski definition) is 1. The summed E-state index contributed by atoms with van der Waals surface area (Å²) in [5.74, 6) is -1.12. The lowest BCUT2D eigenvalue weighted by Crippen LogP contribution is -2.44. The van der Waals surface area contributed by atoms with E-state index in [-0.39, 0.29) is 11.3 Å². The molecule has 0 fully saturated rings. The minimum Gasteiger partial charge on any atom is -0.508 e. The van der Waals surface area contributed by atoms with Crippen LogP contribution in [0.3, 0.4) is 0 Å². The molecule has 0 spiro atoms. The number of anilines is 1. The van der Waals surface area contributed by atoms with E-state index >= 15 is 0 Å². The second kappa shape index (κ2) is 6.67. The van der Waals surface area contributed by atoms with Crippen molar-refractivity contribution in [3.05, 3.63) is 23.5 Å². The fraction of sp³-hybridized carbons (Fsp3) is 0.529. The normalized spacial score (nSPS) is 11.8. The quantitative estimate of drug-likeness (QED) is 0.813. The van der Waals surface area contributed by atoms with E-state index in [0.29, 0.717) is 4.90 Å². The predicted molar refractivity (Wildman–Crippen MR) is 87.7 cm³/mol. The molecule has 0 saturated carbocycles. The smallest absolute Gasteiger partial charge is 0.424 e. The molecule has 1 aromatic rings. The second-order valence-corrected chi connectivity index (χ2v) is 7.34. The molecule has 1 N–H and O–H groups in total. The molecule has 0 bridgehead atoms. The number of carbonyl (C=O) groups excluding carboxylic acids is 2. The van der Waals surface area contributed by atoms with Gasteiger partial charge in [-0.2, -0.15) is 4.90 Å². The predicted octanol–water partition coefficient (Wildman–Crippen LogP) is 4.52. The number of amides is 2. The number of aromatic hydroxyl groups is 1. The Balaban J connectivity index is 3.42. The van der Waals surface area contributed by atoms with Crippen LogP contribution in [-0.4, -0.2) is 28.5 Å². The molecule has 0 heterocycles. The first-order chi connectivity index (χ1) is 10.7. The number of carbonyl (C=O) groups is 2. The van der Waals surface area contributed by atoms with Crippen LogP contribution in [0.25, 0.3) is 0 Å². The molecule has 7 heteroatoms. The van der Waals surface area contributed by atoms with Gasteiger partial charge in [0.2, 0.25) is 0 Å². The van der Waals surface area contributed by atoms with Crippen LogP contribution in [-0.2, 0) is 9.47 Å². The van der Waals surface area contributed by atoms with Gasteiger partial charge in [0.05, 0.1) is 0 Å². The van der Waals surface area contributed by atoms with Crippen molar-refractivity contribution >= 4 is 17.9 Å². The zero-order chi connectivity index (χ0) is 18.9. The van der Waals surface area contributed by atoms with Crippen molar-refractivity contribution in [3.63, 3.8) is 0 Å². The van der Waals surface area contributed by atoms with E-state index in [4.69, 9.17) is 9.47 Å². The van der Waals surface area contributed by atoms with Gasteiger partial charge in [-0.15, -0.1) is 0 Å². The number of phenolic OH excluding ortho intramolecular Hbond substituents is 1. The molecule has 0 radical (unpaired) electrons. The number of hydrogen-bond acceptors (Lipinski definition) is 5. The third kappa shape index (κ3) is 5.11. The van der Waals surface area contributed by atoms with Crippen molar-refractivity contribution in [2.75, 3.05) is 4.90 Å². The van der Waals surface area contributed by atoms with Gasteiger partial charge in [-0.3, -0.25) is 0 Å². The Morgan fingerprint density at radius 2 is 1.42 bits per heavy atom. The highest BCUT2D eigenvalue weighted by Crippen LogP contribution is 2.32. The zero-order valence-electron chi connectivity index (χ0n) is 15.1. The summed E-state index contributed by atoms with van der Waals surface area (Å²) in [6, 6.07) is 2.09. The average molecular weight is 341 g/mol. The van der Waals surface area contributed by atoms with Gasteiger partial charge in [0, 0.05) is 5.56 Å². The number of nitrogens with zero attached hydrogens (tertiary/aromatic N) is 1. The van der Waals surface area contributed by atoms with Crippen molar-refractivity contribution in [2.24, 2.45) is 0 Å². The maximum absolute atomic E-state index is 14.3. The molecule has 0 aliphatic rings. The summed E-state index contributed by atoms with van der Waals surface area (Å²) >= 11 is 0. The highest BCUT2D eigenvalue weighted by Gasteiger charge is 2.35. The Kier molecular flexibility index (Phi) is 5.48. The molecule has 0 aromatic heterocycles. The van der Waals surface area contributed by atoms with Gasteiger partial charge in [0.1, 0.15) is 28.5 Å². The van der Waals surface area contributed by atoms with E-state index in [1.165, 1.54) is 6.92 Å². The van der Waals surface area contributed by atoms with E-state index in [2.05, 4.69) is 0 Å². The molecule has 0 saturated heterocycles. The van der Waals surface area contributed by atoms with Gasteiger partial charge in [0.15, 0.2) is 0 Å². The first kappa shape index (κ1) is 19.7. The molecule has 134 valence electrons. The summed E-state index contributed by atoms with van der Waals surface area (Å²) in [4.78, 5) is 25.4. The number of benzene rings is 1. The van der Waals surface area contributed by atoms with E-state index in [0.717, 1.165) is 12.1 Å². The van der Waals surface area contributed by atoms with Crippen LogP contribution in [0.1, 0.15) is 47.1 Å². The Bertz CT molecular complexity index is 616. The van der Waals surface area contributed by atoms with Crippen molar-refractivity contribution in [1.82, 2.24) is 0 Å². The van der Waals surface area contributed by atoms with Crippen LogP contribution < -0.4 is 4.90 Å². The summed E-state index contributed by atoms with van der Waals surface area (Å²) in [6.45, 7) is 11.1. The van der Waals surface area contributed by atoms with E-state index in [1.54, 1.807) is 41.5 Å². The molecule has 1 rings (SSSR count). The van der Waals surface area contributed by atoms with Crippen molar-refractivity contribution in [3.8, 4) is 5.75 Å². The molecule has 2 amide bonds. The van der Waals surface area contributed by atoms with Crippen molar-refractivity contribution in [1.29, 1.82) is 0 Å². The van der Waals surface area contributed by atoms with E-state index < -0.39 is 34.9 Å². The Morgan fingerprint density at radius 3 is 1.79 bits per heavy atom. The fourth-order valence-electron chi connectivity index (χ4n) is 1.80. The highest BCUT2D eigenvalue weighted by molar-refractivity contribution is 6.10. The third-order valence-corrected chi connectivity index (χ3v) is 2.73. The summed E-state index contributed by atoms with van der Waals surface area (Å²) in [7, 11) is 0. The Hall–Kier alpha value is -2.31. The van der Waals surface area contributed by atoms with Crippen LogP contribution in [0.4, 0.5) is 19.7 Å². The first-order valence-corrected chi connectivity index (χ1v) is 7.47. The summed E-state index contributed by atoms with van der Waals surface area (Å²) < 4.78 is 24.7. The topological polar surface area (TPSA) is 76.1 Å². The average Bonchev–Trinajstić information content (AvgIpc) is 2.34.